The summed E-state index contributed by atoms with van der Waals surface area (Å²) in [7, 11) is 0. The Labute approximate surface area is 217 Å². The van der Waals surface area contributed by atoms with Crippen LogP contribution in [-0.4, -0.2) is 70.4 Å². The van der Waals surface area contributed by atoms with Crippen LogP contribution < -0.4 is 27.4 Å². The topological polar surface area (TPSA) is 197 Å². The number of thiol groups is 1. The van der Waals surface area contributed by atoms with Gasteiger partial charge in [-0.2, -0.15) is 12.6 Å². The first kappa shape index (κ1) is 31.2. The Bertz CT molecular complexity index is 869. The van der Waals surface area contributed by atoms with Crippen molar-refractivity contribution in [2.45, 2.75) is 70.1 Å². The van der Waals surface area contributed by atoms with Crippen LogP contribution in [-0.2, 0) is 25.6 Å². The van der Waals surface area contributed by atoms with E-state index in [0.29, 0.717) is 25.8 Å². The maximum atomic E-state index is 12.9. The van der Waals surface area contributed by atoms with Crippen LogP contribution in [0.3, 0.4) is 0 Å². The van der Waals surface area contributed by atoms with Gasteiger partial charge in [0.25, 0.3) is 0 Å². The van der Waals surface area contributed by atoms with Crippen molar-refractivity contribution in [3.63, 3.8) is 0 Å². The molecule has 0 spiro atoms. The molecule has 0 saturated carbocycles. The second kappa shape index (κ2) is 16.0. The molecule has 5 atom stereocenters. The molecule has 0 aliphatic carbocycles. The number of carboxylic acid groups (broad SMARTS) is 1. The summed E-state index contributed by atoms with van der Waals surface area (Å²) in [6, 6.07) is 2.10. The third-order valence-corrected chi connectivity index (χ3v) is 6.27. The van der Waals surface area contributed by atoms with Crippen molar-refractivity contribution in [1.29, 1.82) is 0 Å². The van der Waals surface area contributed by atoms with Crippen molar-refractivity contribution in [2.24, 2.45) is 17.4 Å². The molecule has 0 aliphatic heterocycles. The van der Waals surface area contributed by atoms with E-state index in [1.54, 1.807) is 19.1 Å². The first-order valence-electron chi connectivity index (χ1n) is 12.0. The van der Waals surface area contributed by atoms with Gasteiger partial charge >= 0.3 is 5.97 Å². The molecule has 5 unspecified atom stereocenters. The number of carbonyl (C=O) groups excluding carboxylic acids is 3. The van der Waals surface area contributed by atoms with E-state index in [4.69, 9.17) is 11.5 Å². The van der Waals surface area contributed by atoms with Crippen LogP contribution in [0, 0.1) is 5.92 Å². The van der Waals surface area contributed by atoms with E-state index in [-0.39, 0.29) is 30.3 Å². The number of benzene rings is 1. The van der Waals surface area contributed by atoms with Crippen LogP contribution in [0.25, 0.3) is 0 Å². The fraction of sp³-hybridized carbons (Fsp3) is 0.583. The number of phenols is 1. The number of nitrogens with two attached hydrogens (primary N) is 2. The van der Waals surface area contributed by atoms with E-state index in [9.17, 15) is 29.4 Å². The Kier molecular flexibility index (Phi) is 13.9. The number of carboxylic acids is 1. The molecule has 0 bridgehead atoms. The molecule has 12 heteroatoms. The Hall–Kier alpha value is -2.83. The minimum absolute atomic E-state index is 0.0503. The average Bonchev–Trinajstić information content (AvgIpc) is 2.85. The van der Waals surface area contributed by atoms with Gasteiger partial charge < -0.3 is 37.6 Å². The lowest BCUT2D eigenvalue weighted by Crippen LogP contribution is -2.58. The molecular weight excluding hydrogens is 486 g/mol. The molecule has 1 rings (SSSR count). The van der Waals surface area contributed by atoms with Gasteiger partial charge in [-0.1, -0.05) is 32.4 Å². The molecule has 36 heavy (non-hydrogen) atoms. The smallest absolute Gasteiger partial charge is 0.326 e. The number of amides is 3. The van der Waals surface area contributed by atoms with Gasteiger partial charge in [0.2, 0.25) is 17.7 Å². The number of unbranched alkanes of at least 4 members (excludes halogenated alkanes) is 1. The van der Waals surface area contributed by atoms with E-state index < -0.39 is 47.9 Å². The van der Waals surface area contributed by atoms with Crippen LogP contribution in [0.15, 0.2) is 24.3 Å². The van der Waals surface area contributed by atoms with Crippen LogP contribution in [0.4, 0.5) is 0 Å². The Morgan fingerprint density at radius 1 is 0.972 bits per heavy atom. The number of aliphatic carboxylic acids is 1. The van der Waals surface area contributed by atoms with Crippen molar-refractivity contribution < 1.29 is 29.4 Å². The largest absolute Gasteiger partial charge is 0.508 e. The fourth-order valence-corrected chi connectivity index (χ4v) is 3.68. The standard InChI is InChI=1S/C24H39N5O6S/c1-3-14(2)20(24(34)35)29-22(32)18(6-4-5-11-25)27-23(33)19(13-36)28-21(31)17(26)12-15-7-9-16(30)10-8-15/h7-10,14,17-20,30,36H,3-6,11-13,25-26H2,1-2H3,(H,27,33)(H,28,31)(H,29,32)(H,34,35). The summed E-state index contributed by atoms with van der Waals surface area (Å²) in [6.45, 7) is 3.94. The first-order valence-corrected chi connectivity index (χ1v) is 12.7. The van der Waals surface area contributed by atoms with Crippen molar-refractivity contribution >= 4 is 36.3 Å². The monoisotopic (exact) mass is 525 g/mol. The van der Waals surface area contributed by atoms with E-state index in [0.717, 1.165) is 5.56 Å². The van der Waals surface area contributed by atoms with Crippen molar-refractivity contribution in [2.75, 3.05) is 12.3 Å². The molecule has 0 heterocycles. The molecule has 1 aromatic carbocycles. The Balaban J connectivity index is 2.86. The number of hydrogen-bond acceptors (Lipinski definition) is 8. The molecule has 0 aliphatic rings. The third kappa shape index (κ3) is 10.4. The predicted octanol–water partition coefficient (Wildman–Crippen LogP) is -0.0941. The summed E-state index contributed by atoms with van der Waals surface area (Å²) in [5.74, 6) is -3.28. The van der Waals surface area contributed by atoms with Gasteiger partial charge in [0.05, 0.1) is 6.04 Å². The van der Waals surface area contributed by atoms with E-state index in [1.165, 1.54) is 12.1 Å². The summed E-state index contributed by atoms with van der Waals surface area (Å²) < 4.78 is 0. The van der Waals surface area contributed by atoms with Gasteiger partial charge in [0.1, 0.15) is 23.9 Å². The molecule has 0 saturated heterocycles. The highest BCUT2D eigenvalue weighted by Crippen LogP contribution is 2.12. The highest BCUT2D eigenvalue weighted by Gasteiger charge is 2.31. The fourth-order valence-electron chi connectivity index (χ4n) is 3.42. The number of nitrogens with one attached hydrogen (secondary N) is 3. The molecule has 11 nitrogen and oxygen atoms in total. The van der Waals surface area contributed by atoms with Gasteiger partial charge in [-0.25, -0.2) is 4.79 Å². The lowest BCUT2D eigenvalue weighted by atomic mass is 9.98. The molecule has 0 fully saturated rings. The zero-order valence-electron chi connectivity index (χ0n) is 20.8. The summed E-state index contributed by atoms with van der Waals surface area (Å²) >= 11 is 4.15. The quantitative estimate of drug-likeness (QED) is 0.108. The first-order chi connectivity index (χ1) is 17.0. The van der Waals surface area contributed by atoms with Gasteiger partial charge in [-0.15, -0.1) is 0 Å². The SMILES string of the molecule is CCC(C)C(NC(=O)C(CCCCN)NC(=O)C(CS)NC(=O)C(N)Cc1ccc(O)cc1)C(=O)O. The number of phenolic OH excluding ortho intramolecular Hbond substituents is 1. The van der Waals surface area contributed by atoms with Crippen molar-refractivity contribution in [3.8, 4) is 5.75 Å². The molecule has 0 radical (unpaired) electrons. The van der Waals surface area contributed by atoms with Crippen LogP contribution in [0.1, 0.15) is 45.1 Å². The minimum Gasteiger partial charge on any atom is -0.508 e. The summed E-state index contributed by atoms with van der Waals surface area (Å²) in [4.78, 5) is 50.0. The second-order valence-electron chi connectivity index (χ2n) is 8.78. The maximum Gasteiger partial charge on any atom is 0.326 e. The van der Waals surface area contributed by atoms with Gasteiger partial charge in [0, 0.05) is 5.75 Å². The number of hydrogen-bond donors (Lipinski definition) is 8. The van der Waals surface area contributed by atoms with Crippen molar-refractivity contribution in [3.05, 3.63) is 29.8 Å². The Morgan fingerprint density at radius 3 is 2.08 bits per heavy atom. The van der Waals surface area contributed by atoms with Gasteiger partial charge in [-0.3, -0.25) is 14.4 Å². The summed E-state index contributed by atoms with van der Waals surface area (Å²) in [6.07, 6.45) is 2.12. The normalized spacial score (nSPS) is 15.1. The van der Waals surface area contributed by atoms with Crippen LogP contribution >= 0.6 is 12.6 Å². The third-order valence-electron chi connectivity index (χ3n) is 5.90. The van der Waals surface area contributed by atoms with E-state index in [1.807, 2.05) is 6.92 Å². The number of rotatable bonds is 16. The van der Waals surface area contributed by atoms with E-state index >= 15 is 0 Å². The zero-order chi connectivity index (χ0) is 27.3. The molecule has 202 valence electrons. The molecule has 1 aromatic rings. The lowest BCUT2D eigenvalue weighted by Gasteiger charge is -2.26. The Morgan fingerprint density at radius 2 is 1.56 bits per heavy atom. The van der Waals surface area contributed by atoms with Gasteiger partial charge in [0.15, 0.2) is 0 Å². The predicted molar refractivity (Wildman–Crippen MR) is 139 cm³/mol. The molecular formula is C24H39N5O6S. The number of carbonyl (C=O) groups is 4. The average molecular weight is 526 g/mol. The van der Waals surface area contributed by atoms with Gasteiger partial charge in [-0.05, 0) is 55.8 Å². The summed E-state index contributed by atoms with van der Waals surface area (Å²) in [5, 5.41) is 26.6. The van der Waals surface area contributed by atoms with Crippen molar-refractivity contribution in [1.82, 2.24) is 16.0 Å². The number of aromatic hydroxyl groups is 1. The second-order valence-corrected chi connectivity index (χ2v) is 9.14. The van der Waals surface area contributed by atoms with E-state index in [2.05, 4.69) is 28.6 Å². The molecule has 3 amide bonds. The molecule has 9 N–H and O–H groups in total. The zero-order valence-corrected chi connectivity index (χ0v) is 21.7. The maximum absolute atomic E-state index is 12.9. The minimum atomic E-state index is -1.16. The summed E-state index contributed by atoms with van der Waals surface area (Å²) in [5.41, 5.74) is 12.3. The molecule has 0 aromatic heterocycles. The highest BCUT2D eigenvalue weighted by atomic mass is 32.1. The highest BCUT2D eigenvalue weighted by molar-refractivity contribution is 7.80. The van der Waals surface area contributed by atoms with Crippen LogP contribution in [0.5, 0.6) is 5.75 Å². The lowest BCUT2D eigenvalue weighted by molar-refractivity contribution is -0.143. The van der Waals surface area contributed by atoms with Crippen LogP contribution in [0.2, 0.25) is 0 Å².